The van der Waals surface area contributed by atoms with Crippen molar-refractivity contribution >= 4 is 16.8 Å². The first-order chi connectivity index (χ1) is 6.18. The molecule has 0 spiro atoms. The van der Waals surface area contributed by atoms with Gasteiger partial charge in [-0.15, -0.1) is 0 Å². The molecule has 1 aromatic rings. The molecule has 0 aromatic heterocycles. The van der Waals surface area contributed by atoms with E-state index in [1.165, 1.54) is 0 Å². The minimum absolute atomic E-state index is 0.246. The molecule has 0 radical (unpaired) electrons. The van der Waals surface area contributed by atoms with Gasteiger partial charge in [-0.3, -0.25) is 4.79 Å². The summed E-state index contributed by atoms with van der Waals surface area (Å²) in [5, 5.41) is -0.368. The minimum atomic E-state index is -0.368. The minimum Gasteiger partial charge on any atom is -0.493 e. The van der Waals surface area contributed by atoms with Crippen molar-refractivity contribution in [2.75, 3.05) is 6.61 Å². The highest BCUT2D eigenvalue weighted by Gasteiger charge is 1.97. The Morgan fingerprint density at radius 2 is 2.31 bits per heavy atom. The van der Waals surface area contributed by atoms with Crippen LogP contribution in [0.3, 0.4) is 0 Å². The van der Waals surface area contributed by atoms with Crippen LogP contribution in [0.25, 0.3) is 0 Å². The number of aryl methyl sites for hydroxylation is 1. The summed E-state index contributed by atoms with van der Waals surface area (Å²) in [5.74, 6) is 0.776. The lowest BCUT2D eigenvalue weighted by atomic mass is 10.2. The van der Waals surface area contributed by atoms with Crippen molar-refractivity contribution in [2.45, 2.75) is 13.3 Å². The zero-order chi connectivity index (χ0) is 9.68. The first-order valence-electron chi connectivity index (χ1n) is 4.06. The molecule has 1 aromatic carbocycles. The van der Waals surface area contributed by atoms with Crippen molar-refractivity contribution in [3.05, 3.63) is 29.8 Å². The molecule has 0 amide bonds. The second kappa shape index (κ2) is 4.87. The van der Waals surface area contributed by atoms with E-state index in [9.17, 15) is 4.79 Å². The summed E-state index contributed by atoms with van der Waals surface area (Å²) in [7, 11) is 0. The van der Waals surface area contributed by atoms with Crippen LogP contribution in [0.4, 0.5) is 0 Å². The molecule has 0 saturated heterocycles. The standard InChI is InChI=1S/C10H11ClO2/c1-8-3-2-4-9(7-8)13-6-5-10(11)12/h2-4,7H,5-6H2,1H3. The summed E-state index contributed by atoms with van der Waals surface area (Å²) in [6, 6.07) is 7.66. The molecule has 0 fully saturated rings. The molecule has 0 unspecified atom stereocenters. The molecule has 0 aliphatic carbocycles. The van der Waals surface area contributed by atoms with Crippen molar-refractivity contribution in [3.8, 4) is 5.75 Å². The number of hydrogen-bond donors (Lipinski definition) is 0. The Hall–Kier alpha value is -1.02. The fourth-order valence-electron chi connectivity index (χ4n) is 0.954. The van der Waals surface area contributed by atoms with Crippen molar-refractivity contribution in [1.82, 2.24) is 0 Å². The molecule has 1 rings (SSSR count). The quantitative estimate of drug-likeness (QED) is 0.695. The Balaban J connectivity index is 2.41. The Labute approximate surface area is 82.5 Å². The number of hydrogen-bond acceptors (Lipinski definition) is 2. The lowest BCUT2D eigenvalue weighted by Crippen LogP contribution is -2.01. The number of carbonyl (C=O) groups excluding carboxylic acids is 1. The van der Waals surface area contributed by atoms with Gasteiger partial charge in [0.05, 0.1) is 13.0 Å². The van der Waals surface area contributed by atoms with Gasteiger partial charge in [-0.2, -0.15) is 0 Å². The maximum atomic E-state index is 10.4. The van der Waals surface area contributed by atoms with E-state index >= 15 is 0 Å². The molecule has 70 valence electrons. The molecule has 0 atom stereocenters. The molecule has 0 aliphatic rings. The summed E-state index contributed by atoms with van der Waals surface area (Å²) in [6.45, 7) is 2.32. The van der Waals surface area contributed by atoms with Crippen LogP contribution >= 0.6 is 11.6 Å². The van der Waals surface area contributed by atoms with E-state index in [1.54, 1.807) is 0 Å². The normalized spacial score (nSPS) is 9.69. The highest BCUT2D eigenvalue weighted by atomic mass is 35.5. The molecule has 0 N–H and O–H groups in total. The summed E-state index contributed by atoms with van der Waals surface area (Å²) in [5.41, 5.74) is 1.13. The molecular weight excluding hydrogens is 188 g/mol. The Morgan fingerprint density at radius 1 is 1.54 bits per heavy atom. The number of carbonyl (C=O) groups is 1. The van der Waals surface area contributed by atoms with Crippen molar-refractivity contribution in [3.63, 3.8) is 0 Å². The predicted octanol–water partition coefficient (Wildman–Crippen LogP) is 2.53. The van der Waals surface area contributed by atoms with Gasteiger partial charge in [0.2, 0.25) is 5.24 Å². The summed E-state index contributed by atoms with van der Waals surface area (Å²) < 4.78 is 5.29. The Bertz CT molecular complexity index is 297. The lowest BCUT2D eigenvalue weighted by Gasteiger charge is -2.04. The van der Waals surface area contributed by atoms with Crippen LogP contribution in [-0.4, -0.2) is 11.8 Å². The predicted molar refractivity (Wildman–Crippen MR) is 52.2 cm³/mol. The fourth-order valence-corrected chi connectivity index (χ4v) is 1.03. The highest BCUT2D eigenvalue weighted by Crippen LogP contribution is 2.12. The van der Waals surface area contributed by atoms with Gasteiger partial charge in [-0.1, -0.05) is 12.1 Å². The van der Waals surface area contributed by atoms with Gasteiger partial charge in [0.1, 0.15) is 5.75 Å². The van der Waals surface area contributed by atoms with Crippen LogP contribution < -0.4 is 4.74 Å². The van der Waals surface area contributed by atoms with Gasteiger partial charge in [0, 0.05) is 0 Å². The maximum absolute atomic E-state index is 10.4. The van der Waals surface area contributed by atoms with Crippen LogP contribution in [0.1, 0.15) is 12.0 Å². The van der Waals surface area contributed by atoms with E-state index in [4.69, 9.17) is 16.3 Å². The SMILES string of the molecule is Cc1cccc(OCCC(=O)Cl)c1. The molecule has 3 heteroatoms. The molecule has 2 nitrogen and oxygen atoms in total. The molecular formula is C10H11ClO2. The van der Waals surface area contributed by atoms with E-state index in [2.05, 4.69) is 0 Å². The van der Waals surface area contributed by atoms with E-state index in [0.717, 1.165) is 11.3 Å². The first kappa shape index (κ1) is 10.1. The monoisotopic (exact) mass is 198 g/mol. The van der Waals surface area contributed by atoms with Gasteiger partial charge in [0.15, 0.2) is 0 Å². The number of halogens is 1. The Kier molecular flexibility index (Phi) is 3.77. The topological polar surface area (TPSA) is 26.3 Å². The molecule has 0 aliphatic heterocycles. The zero-order valence-corrected chi connectivity index (χ0v) is 8.17. The average molecular weight is 199 g/mol. The molecule has 0 saturated carbocycles. The highest BCUT2D eigenvalue weighted by molar-refractivity contribution is 6.63. The van der Waals surface area contributed by atoms with Crippen LogP contribution in [0, 0.1) is 6.92 Å². The van der Waals surface area contributed by atoms with Crippen LogP contribution in [-0.2, 0) is 4.79 Å². The van der Waals surface area contributed by atoms with Crippen LogP contribution in [0.5, 0.6) is 5.75 Å². The average Bonchev–Trinajstić information content (AvgIpc) is 2.03. The van der Waals surface area contributed by atoms with E-state index in [1.807, 2.05) is 31.2 Å². The van der Waals surface area contributed by atoms with Crippen molar-refractivity contribution in [2.24, 2.45) is 0 Å². The summed E-state index contributed by atoms with van der Waals surface area (Å²) in [6.07, 6.45) is 0.246. The van der Waals surface area contributed by atoms with E-state index in [-0.39, 0.29) is 11.7 Å². The summed E-state index contributed by atoms with van der Waals surface area (Å²) >= 11 is 5.16. The van der Waals surface area contributed by atoms with Gasteiger partial charge >= 0.3 is 0 Å². The maximum Gasteiger partial charge on any atom is 0.225 e. The van der Waals surface area contributed by atoms with E-state index in [0.29, 0.717) is 6.61 Å². The van der Waals surface area contributed by atoms with Gasteiger partial charge in [-0.05, 0) is 36.2 Å². The number of ether oxygens (including phenoxy) is 1. The smallest absolute Gasteiger partial charge is 0.225 e. The van der Waals surface area contributed by atoms with Crippen molar-refractivity contribution < 1.29 is 9.53 Å². The van der Waals surface area contributed by atoms with Crippen LogP contribution in [0.15, 0.2) is 24.3 Å². The lowest BCUT2D eigenvalue weighted by molar-refractivity contribution is -0.112. The summed E-state index contributed by atoms with van der Waals surface area (Å²) in [4.78, 5) is 10.4. The van der Waals surface area contributed by atoms with Crippen molar-refractivity contribution in [1.29, 1.82) is 0 Å². The van der Waals surface area contributed by atoms with Crippen LogP contribution in [0.2, 0.25) is 0 Å². The largest absolute Gasteiger partial charge is 0.493 e. The molecule has 0 heterocycles. The number of rotatable bonds is 4. The fraction of sp³-hybridized carbons (Fsp3) is 0.300. The van der Waals surface area contributed by atoms with Gasteiger partial charge in [-0.25, -0.2) is 0 Å². The third kappa shape index (κ3) is 3.95. The first-order valence-corrected chi connectivity index (χ1v) is 4.44. The molecule has 13 heavy (non-hydrogen) atoms. The van der Waals surface area contributed by atoms with Gasteiger partial charge in [0.25, 0.3) is 0 Å². The third-order valence-electron chi connectivity index (χ3n) is 1.56. The van der Waals surface area contributed by atoms with Gasteiger partial charge < -0.3 is 4.74 Å². The number of benzene rings is 1. The second-order valence-electron chi connectivity index (χ2n) is 2.77. The molecule has 0 bridgehead atoms. The second-order valence-corrected chi connectivity index (χ2v) is 3.19. The third-order valence-corrected chi connectivity index (χ3v) is 1.75. The Morgan fingerprint density at radius 3 is 2.92 bits per heavy atom. The van der Waals surface area contributed by atoms with E-state index < -0.39 is 0 Å². The zero-order valence-electron chi connectivity index (χ0n) is 7.42.